The molecule has 0 spiro atoms. The molecule has 25 heavy (non-hydrogen) atoms. The highest BCUT2D eigenvalue weighted by atomic mass is 35.5. The molecule has 0 unspecified atom stereocenters. The first-order valence-electron chi connectivity index (χ1n) is 6.80. The van der Waals surface area contributed by atoms with Crippen LogP contribution in [-0.4, -0.2) is 24.0 Å². The molecule has 7 nitrogen and oxygen atoms in total. The van der Waals surface area contributed by atoms with Crippen LogP contribution in [0.3, 0.4) is 0 Å². The van der Waals surface area contributed by atoms with Gasteiger partial charge in [-0.05, 0) is 18.2 Å². The topological polar surface area (TPSA) is 95.7 Å². The summed E-state index contributed by atoms with van der Waals surface area (Å²) in [6.07, 6.45) is 0. The molecule has 0 amide bonds. The van der Waals surface area contributed by atoms with E-state index in [1.165, 1.54) is 6.07 Å². The number of benzene rings is 2. The Morgan fingerprint density at radius 3 is 2.36 bits per heavy atom. The predicted molar refractivity (Wildman–Crippen MR) is 85.0 cm³/mol. The van der Waals surface area contributed by atoms with Crippen LogP contribution in [0.2, 0.25) is 5.02 Å². The van der Waals surface area contributed by atoms with Crippen LogP contribution in [0.1, 0.15) is 26.3 Å². The molecule has 0 aliphatic carbocycles. The number of hydrogen-bond acceptors (Lipinski definition) is 6. The van der Waals surface area contributed by atoms with Crippen molar-refractivity contribution >= 4 is 29.2 Å². The number of nitro groups is 1. The molecule has 9 heteroatoms. The van der Waals surface area contributed by atoms with Crippen molar-refractivity contribution in [2.24, 2.45) is 0 Å². The van der Waals surface area contributed by atoms with Crippen LogP contribution in [-0.2, 0) is 16.1 Å². The van der Waals surface area contributed by atoms with Crippen LogP contribution in [0.4, 0.5) is 10.1 Å². The van der Waals surface area contributed by atoms with Crippen molar-refractivity contribution in [1.29, 1.82) is 0 Å². The van der Waals surface area contributed by atoms with Crippen LogP contribution >= 0.6 is 11.6 Å². The molecule has 130 valence electrons. The lowest BCUT2D eigenvalue weighted by Gasteiger charge is -2.08. The van der Waals surface area contributed by atoms with E-state index in [9.17, 15) is 24.1 Å². The molecule has 0 bridgehead atoms. The third-order valence-corrected chi connectivity index (χ3v) is 3.51. The number of hydrogen-bond donors (Lipinski definition) is 0. The first-order chi connectivity index (χ1) is 11.8. The summed E-state index contributed by atoms with van der Waals surface area (Å²) in [4.78, 5) is 33.9. The summed E-state index contributed by atoms with van der Waals surface area (Å²) in [5, 5.41) is 11.0. The van der Waals surface area contributed by atoms with Crippen molar-refractivity contribution < 1.29 is 28.4 Å². The molecule has 0 aliphatic heterocycles. The smallest absolute Gasteiger partial charge is 0.338 e. The highest BCUT2D eigenvalue weighted by molar-refractivity contribution is 6.31. The molecule has 0 aliphatic rings. The van der Waals surface area contributed by atoms with Crippen LogP contribution in [0.25, 0.3) is 0 Å². The van der Waals surface area contributed by atoms with Crippen LogP contribution in [0.5, 0.6) is 0 Å². The molecular formula is C16H11ClFNO6. The van der Waals surface area contributed by atoms with Crippen molar-refractivity contribution in [2.45, 2.75) is 6.61 Å². The molecular weight excluding hydrogens is 357 g/mol. The van der Waals surface area contributed by atoms with Crippen LogP contribution < -0.4 is 0 Å². The van der Waals surface area contributed by atoms with Gasteiger partial charge in [0, 0.05) is 17.7 Å². The van der Waals surface area contributed by atoms with Gasteiger partial charge in [-0.15, -0.1) is 0 Å². The summed E-state index contributed by atoms with van der Waals surface area (Å²) in [5.41, 5.74) is -0.471. The Labute approximate surface area is 146 Å². The molecule has 0 saturated heterocycles. The Bertz CT molecular complexity index is 855. The quantitative estimate of drug-likeness (QED) is 0.455. The molecule has 0 N–H and O–H groups in total. The highest BCUT2D eigenvalue weighted by Gasteiger charge is 2.19. The number of ether oxygens (including phenoxy) is 2. The summed E-state index contributed by atoms with van der Waals surface area (Å²) >= 11 is 5.83. The summed E-state index contributed by atoms with van der Waals surface area (Å²) in [6.45, 7) is -0.270. The van der Waals surface area contributed by atoms with Gasteiger partial charge in [-0.3, -0.25) is 10.1 Å². The number of methoxy groups -OCH3 is 1. The van der Waals surface area contributed by atoms with Crippen molar-refractivity contribution in [1.82, 2.24) is 0 Å². The largest absolute Gasteiger partial charge is 0.465 e. The molecule has 2 rings (SSSR count). The maximum atomic E-state index is 13.0. The van der Waals surface area contributed by atoms with Crippen molar-refractivity contribution in [3.63, 3.8) is 0 Å². The SMILES string of the molecule is COC(=O)c1cc(C(=O)OCc2ccc(F)cc2Cl)cc([N+](=O)[O-])c1. The summed E-state index contributed by atoms with van der Waals surface area (Å²) < 4.78 is 22.5. The van der Waals surface area contributed by atoms with Gasteiger partial charge in [-0.25, -0.2) is 14.0 Å². The summed E-state index contributed by atoms with van der Waals surface area (Å²) in [7, 11) is 1.11. The molecule has 0 atom stereocenters. The average Bonchev–Trinajstić information content (AvgIpc) is 2.59. The van der Waals surface area contributed by atoms with Crippen LogP contribution in [0, 0.1) is 15.9 Å². The Morgan fingerprint density at radius 2 is 1.80 bits per heavy atom. The fourth-order valence-electron chi connectivity index (χ4n) is 1.94. The zero-order valence-corrected chi connectivity index (χ0v) is 13.6. The van der Waals surface area contributed by atoms with Gasteiger partial charge in [-0.1, -0.05) is 17.7 Å². The van der Waals surface area contributed by atoms with E-state index in [1.54, 1.807) is 0 Å². The number of esters is 2. The Morgan fingerprint density at radius 1 is 1.16 bits per heavy atom. The second kappa shape index (κ2) is 7.71. The lowest BCUT2D eigenvalue weighted by atomic mass is 10.1. The second-order valence-electron chi connectivity index (χ2n) is 4.83. The van der Waals surface area contributed by atoms with E-state index in [2.05, 4.69) is 4.74 Å². The third-order valence-electron chi connectivity index (χ3n) is 3.16. The van der Waals surface area contributed by atoms with Gasteiger partial charge in [-0.2, -0.15) is 0 Å². The number of non-ortho nitro benzene ring substituents is 1. The summed E-state index contributed by atoms with van der Waals surface area (Å²) in [5.74, 6) is -2.28. The lowest BCUT2D eigenvalue weighted by Crippen LogP contribution is -2.09. The molecule has 0 fully saturated rings. The molecule has 2 aromatic rings. The van der Waals surface area contributed by atoms with Gasteiger partial charge in [0.15, 0.2) is 0 Å². The number of carbonyl (C=O) groups is 2. The zero-order valence-electron chi connectivity index (χ0n) is 12.8. The van der Waals surface area contributed by atoms with Crippen molar-refractivity contribution in [3.05, 3.63) is 74.0 Å². The average molecular weight is 368 g/mol. The standard InChI is InChI=1S/C16H11ClFNO6/c1-24-15(20)10-4-11(6-13(5-10)19(22)23)16(21)25-8-9-2-3-12(18)7-14(9)17/h2-7H,8H2,1H3. The van der Waals surface area contributed by atoms with Gasteiger partial charge in [0.1, 0.15) is 12.4 Å². The van der Waals surface area contributed by atoms with E-state index in [1.807, 2.05) is 0 Å². The highest BCUT2D eigenvalue weighted by Crippen LogP contribution is 2.21. The van der Waals surface area contributed by atoms with Gasteiger partial charge in [0.25, 0.3) is 5.69 Å². The van der Waals surface area contributed by atoms with Gasteiger partial charge >= 0.3 is 11.9 Å². The number of nitro benzene ring substituents is 1. The van der Waals surface area contributed by atoms with Crippen LogP contribution in [0.15, 0.2) is 36.4 Å². The fraction of sp³-hybridized carbons (Fsp3) is 0.125. The predicted octanol–water partition coefficient (Wildman–Crippen LogP) is 3.53. The minimum absolute atomic E-state index is 0.0714. The number of nitrogens with zero attached hydrogens (tertiary/aromatic N) is 1. The number of carbonyl (C=O) groups excluding carboxylic acids is 2. The Kier molecular flexibility index (Phi) is 5.66. The first-order valence-corrected chi connectivity index (χ1v) is 7.18. The van der Waals surface area contributed by atoms with E-state index in [0.717, 1.165) is 37.4 Å². The second-order valence-corrected chi connectivity index (χ2v) is 5.24. The molecule has 0 aromatic heterocycles. The molecule has 0 radical (unpaired) electrons. The minimum atomic E-state index is -0.908. The van der Waals surface area contributed by atoms with Gasteiger partial charge < -0.3 is 9.47 Å². The lowest BCUT2D eigenvalue weighted by molar-refractivity contribution is -0.384. The fourth-order valence-corrected chi connectivity index (χ4v) is 2.16. The first kappa shape index (κ1) is 18.3. The van der Waals surface area contributed by atoms with E-state index >= 15 is 0 Å². The number of rotatable bonds is 5. The van der Waals surface area contributed by atoms with Crippen molar-refractivity contribution in [3.8, 4) is 0 Å². The maximum Gasteiger partial charge on any atom is 0.338 e. The minimum Gasteiger partial charge on any atom is -0.465 e. The zero-order chi connectivity index (χ0) is 18.6. The number of halogens is 2. The molecule has 0 heterocycles. The van der Waals surface area contributed by atoms with E-state index in [0.29, 0.717) is 5.56 Å². The normalized spacial score (nSPS) is 10.2. The summed E-state index contributed by atoms with van der Waals surface area (Å²) in [6, 6.07) is 6.64. The maximum absolute atomic E-state index is 13.0. The van der Waals surface area contributed by atoms with E-state index in [-0.39, 0.29) is 22.8 Å². The Balaban J connectivity index is 2.24. The third kappa shape index (κ3) is 4.51. The van der Waals surface area contributed by atoms with Gasteiger partial charge in [0.2, 0.25) is 0 Å². The van der Waals surface area contributed by atoms with E-state index in [4.69, 9.17) is 16.3 Å². The van der Waals surface area contributed by atoms with E-state index < -0.39 is 28.4 Å². The van der Waals surface area contributed by atoms with Crippen molar-refractivity contribution in [2.75, 3.05) is 7.11 Å². The monoisotopic (exact) mass is 367 g/mol. The molecule has 0 saturated carbocycles. The van der Waals surface area contributed by atoms with Gasteiger partial charge in [0.05, 0.1) is 28.2 Å². The molecule has 2 aromatic carbocycles. The Hall–Kier alpha value is -3.00.